The van der Waals surface area contributed by atoms with E-state index < -0.39 is 0 Å². The van der Waals surface area contributed by atoms with Crippen molar-refractivity contribution >= 4 is 45.8 Å². The van der Waals surface area contributed by atoms with E-state index in [1.807, 2.05) is 29.7 Å². The molecule has 0 radical (unpaired) electrons. The average Bonchev–Trinajstić information content (AvgIpc) is 3.01. The molecule has 1 aliphatic heterocycles. The molecule has 2 N–H and O–H groups in total. The minimum absolute atomic E-state index is 0.157. The summed E-state index contributed by atoms with van der Waals surface area (Å²) in [5.41, 5.74) is 5.46. The number of fused-ring (bicyclic) bond motifs is 2. The Morgan fingerprint density at radius 3 is 2.81 bits per heavy atom. The fourth-order valence-electron chi connectivity index (χ4n) is 3.31. The number of para-hydroxylation sites is 1. The number of aliphatic imine (C=N–C) groups is 1. The number of anilines is 2. The van der Waals surface area contributed by atoms with Gasteiger partial charge in [0, 0.05) is 15.6 Å². The molecule has 6 heteroatoms. The van der Waals surface area contributed by atoms with Crippen LogP contribution in [0, 0.1) is 6.92 Å². The van der Waals surface area contributed by atoms with Crippen LogP contribution in [0.1, 0.15) is 18.1 Å². The van der Waals surface area contributed by atoms with Crippen molar-refractivity contribution in [1.29, 1.82) is 0 Å². The van der Waals surface area contributed by atoms with Crippen molar-refractivity contribution in [2.24, 2.45) is 4.99 Å². The summed E-state index contributed by atoms with van der Waals surface area (Å²) in [5.74, 6) is 1.39. The van der Waals surface area contributed by atoms with E-state index in [0.717, 1.165) is 32.8 Å². The van der Waals surface area contributed by atoms with E-state index in [9.17, 15) is 5.11 Å². The zero-order valence-corrected chi connectivity index (χ0v) is 16.0. The predicted molar refractivity (Wildman–Crippen MR) is 110 cm³/mol. The summed E-state index contributed by atoms with van der Waals surface area (Å²) in [6.07, 6.45) is 2.03. The molecule has 0 bridgehead atoms. The number of phenols is 1. The molecular weight excluding hydrogens is 392 g/mol. The summed E-state index contributed by atoms with van der Waals surface area (Å²) >= 11 is 3.46. The highest BCUT2D eigenvalue weighted by atomic mass is 79.9. The van der Waals surface area contributed by atoms with E-state index in [1.165, 1.54) is 0 Å². The minimum atomic E-state index is 0.157. The van der Waals surface area contributed by atoms with Crippen LogP contribution >= 0.6 is 15.9 Å². The van der Waals surface area contributed by atoms with E-state index in [0.29, 0.717) is 17.2 Å². The van der Waals surface area contributed by atoms with Gasteiger partial charge < -0.3 is 10.4 Å². The van der Waals surface area contributed by atoms with Crippen molar-refractivity contribution in [2.75, 3.05) is 5.32 Å². The second kappa shape index (κ2) is 6.14. The largest absolute Gasteiger partial charge is 0.507 e. The van der Waals surface area contributed by atoms with Crippen LogP contribution in [0.4, 0.5) is 17.5 Å². The molecule has 0 saturated heterocycles. The third-order valence-corrected chi connectivity index (χ3v) is 5.01. The van der Waals surface area contributed by atoms with E-state index in [1.54, 1.807) is 12.1 Å². The van der Waals surface area contributed by atoms with Crippen molar-refractivity contribution < 1.29 is 5.11 Å². The molecule has 3 aromatic rings. The topological polar surface area (TPSA) is 62.4 Å². The van der Waals surface area contributed by atoms with E-state index >= 15 is 0 Å². The van der Waals surface area contributed by atoms with E-state index in [2.05, 4.69) is 57.0 Å². The number of aromatic hydroxyl groups is 1. The van der Waals surface area contributed by atoms with Gasteiger partial charge in [-0.3, -0.25) is 4.57 Å². The Hall–Kier alpha value is -2.86. The first-order valence-electron chi connectivity index (χ1n) is 8.17. The van der Waals surface area contributed by atoms with Crippen LogP contribution in [0.25, 0.3) is 17.0 Å². The highest BCUT2D eigenvalue weighted by Gasteiger charge is 2.28. The highest BCUT2D eigenvalue weighted by Crippen LogP contribution is 2.46. The van der Waals surface area contributed by atoms with Gasteiger partial charge in [0.05, 0.1) is 11.4 Å². The van der Waals surface area contributed by atoms with E-state index in [4.69, 9.17) is 0 Å². The predicted octanol–water partition coefficient (Wildman–Crippen LogP) is 5.62. The first-order chi connectivity index (χ1) is 12.5. The summed E-state index contributed by atoms with van der Waals surface area (Å²) in [7, 11) is 0. The molecule has 0 amide bonds. The lowest BCUT2D eigenvalue weighted by Crippen LogP contribution is -2.13. The van der Waals surface area contributed by atoms with Crippen molar-refractivity contribution in [3.05, 3.63) is 58.1 Å². The lowest BCUT2D eigenvalue weighted by molar-refractivity contribution is 0.477. The molecule has 2 aromatic carbocycles. The maximum absolute atomic E-state index is 10.4. The maximum atomic E-state index is 10.4. The van der Waals surface area contributed by atoms with Gasteiger partial charge in [0.25, 0.3) is 0 Å². The number of allylic oxidation sites excluding steroid dienone is 1. The third-order valence-electron chi connectivity index (χ3n) is 4.52. The second-order valence-corrected chi connectivity index (χ2v) is 6.98. The first-order valence-corrected chi connectivity index (χ1v) is 8.96. The molecule has 130 valence electrons. The van der Waals surface area contributed by atoms with E-state index in [-0.39, 0.29) is 5.75 Å². The number of nitrogens with zero attached hydrogens (tertiary/aromatic N) is 3. The standard InChI is InChI=1S/C20H17BrN4O/c1-4-15-13-7-5-6-11(2)17(13)23-19-18(24-20(22-3)25(15)19)14-10-12(21)8-9-16(14)26/h4-10,23,26H,3H2,1-2H3/b15-4-. The zero-order chi connectivity index (χ0) is 18.4. The number of nitrogens with one attached hydrogen (secondary N) is 1. The van der Waals surface area contributed by atoms with Crippen molar-refractivity contribution in [1.82, 2.24) is 9.55 Å². The third kappa shape index (κ3) is 2.37. The Labute approximate surface area is 159 Å². The molecule has 0 saturated carbocycles. The minimum Gasteiger partial charge on any atom is -0.507 e. The van der Waals surface area contributed by atoms with Gasteiger partial charge in [-0.25, -0.2) is 9.98 Å². The normalized spacial score (nSPS) is 13.9. The van der Waals surface area contributed by atoms with Crippen LogP contribution in [0.5, 0.6) is 5.75 Å². The van der Waals surface area contributed by atoms with Crippen LogP contribution in [0.2, 0.25) is 0 Å². The molecule has 1 aromatic heterocycles. The number of hydrogen-bond donors (Lipinski definition) is 2. The Kier molecular flexibility index (Phi) is 3.92. The smallest absolute Gasteiger partial charge is 0.235 e. The van der Waals surface area contributed by atoms with Crippen LogP contribution < -0.4 is 5.32 Å². The first kappa shape index (κ1) is 16.6. The molecule has 26 heavy (non-hydrogen) atoms. The van der Waals surface area contributed by atoms with Crippen molar-refractivity contribution in [2.45, 2.75) is 13.8 Å². The monoisotopic (exact) mass is 408 g/mol. The average molecular weight is 409 g/mol. The molecule has 2 heterocycles. The van der Waals surface area contributed by atoms with Gasteiger partial charge in [0.2, 0.25) is 5.95 Å². The maximum Gasteiger partial charge on any atom is 0.235 e. The quantitative estimate of drug-likeness (QED) is 0.422. The number of aromatic nitrogens is 2. The number of imidazole rings is 1. The Balaban J connectivity index is 2.04. The summed E-state index contributed by atoms with van der Waals surface area (Å²) in [6, 6.07) is 11.4. The van der Waals surface area contributed by atoms with Crippen molar-refractivity contribution in [3.8, 4) is 17.0 Å². The molecule has 0 unspecified atom stereocenters. The number of phenolic OH excluding ortho intramolecular Hbond substituents is 1. The number of aryl methyl sites for hydroxylation is 1. The SMILES string of the molecule is C=Nc1nc(-c2cc(Br)ccc2O)c2n1/C(=C\C)c1cccc(C)c1N2. The van der Waals surface area contributed by atoms with Gasteiger partial charge in [0.15, 0.2) is 0 Å². The summed E-state index contributed by atoms with van der Waals surface area (Å²) in [5, 5.41) is 13.9. The van der Waals surface area contributed by atoms with Crippen molar-refractivity contribution in [3.63, 3.8) is 0 Å². The Bertz CT molecular complexity index is 1080. The summed E-state index contributed by atoms with van der Waals surface area (Å²) < 4.78 is 2.79. The molecule has 0 fully saturated rings. The van der Waals surface area contributed by atoms with Crippen LogP contribution in [-0.2, 0) is 0 Å². The second-order valence-electron chi connectivity index (χ2n) is 6.06. The number of rotatable bonds is 2. The fourth-order valence-corrected chi connectivity index (χ4v) is 3.68. The highest BCUT2D eigenvalue weighted by molar-refractivity contribution is 9.10. The van der Waals surface area contributed by atoms with Crippen LogP contribution in [-0.4, -0.2) is 21.4 Å². The van der Waals surface area contributed by atoms with Gasteiger partial charge in [0.1, 0.15) is 17.3 Å². The van der Waals surface area contributed by atoms with Gasteiger partial charge in [-0.05, 0) is 44.3 Å². The Morgan fingerprint density at radius 1 is 1.27 bits per heavy atom. The molecule has 4 rings (SSSR count). The van der Waals surface area contributed by atoms with Gasteiger partial charge in [-0.2, -0.15) is 0 Å². The van der Waals surface area contributed by atoms with Gasteiger partial charge >= 0.3 is 0 Å². The summed E-state index contributed by atoms with van der Waals surface area (Å²) in [4.78, 5) is 8.75. The van der Waals surface area contributed by atoms with Crippen LogP contribution in [0.15, 0.2) is 51.9 Å². The van der Waals surface area contributed by atoms with Gasteiger partial charge in [-0.1, -0.05) is 40.2 Å². The summed E-state index contributed by atoms with van der Waals surface area (Å²) in [6.45, 7) is 7.72. The molecule has 0 spiro atoms. The zero-order valence-electron chi connectivity index (χ0n) is 14.4. The number of halogens is 1. The van der Waals surface area contributed by atoms with Crippen LogP contribution in [0.3, 0.4) is 0 Å². The fraction of sp³-hybridized carbons (Fsp3) is 0.100. The molecule has 5 nitrogen and oxygen atoms in total. The number of benzene rings is 2. The molecular formula is C20H17BrN4O. The number of hydrogen-bond acceptors (Lipinski definition) is 4. The lowest BCUT2D eigenvalue weighted by Gasteiger charge is -2.26. The molecule has 0 atom stereocenters. The van der Waals surface area contributed by atoms with Gasteiger partial charge in [-0.15, -0.1) is 0 Å². The molecule has 0 aliphatic carbocycles. The lowest BCUT2D eigenvalue weighted by atomic mass is 10.0. The molecule has 1 aliphatic rings. The Morgan fingerprint density at radius 2 is 2.08 bits per heavy atom.